The lowest BCUT2D eigenvalue weighted by Crippen LogP contribution is -2.41. The predicted molar refractivity (Wildman–Crippen MR) is 70.0 cm³/mol. The van der Waals surface area contributed by atoms with Crippen LogP contribution in [0.3, 0.4) is 0 Å². The van der Waals surface area contributed by atoms with Gasteiger partial charge in [-0.25, -0.2) is 0 Å². The van der Waals surface area contributed by atoms with Gasteiger partial charge in [0.25, 0.3) is 0 Å². The van der Waals surface area contributed by atoms with Crippen LogP contribution < -0.4 is 5.32 Å². The average molecular weight is 339 g/mol. The van der Waals surface area contributed by atoms with E-state index < -0.39 is 18.9 Å². The molecule has 0 saturated heterocycles. The van der Waals surface area contributed by atoms with E-state index in [1.54, 1.807) is 13.1 Å². The maximum Gasteiger partial charge on any atom is 0.401 e. The lowest BCUT2D eigenvalue weighted by Gasteiger charge is -2.35. The first-order chi connectivity index (χ1) is 8.81. The molecule has 106 valence electrons. The van der Waals surface area contributed by atoms with E-state index in [0.717, 1.165) is 14.9 Å². The summed E-state index contributed by atoms with van der Waals surface area (Å²) in [6, 6.07) is 3.59. The molecule has 1 aliphatic rings. The number of rotatable bonds is 2. The van der Waals surface area contributed by atoms with Gasteiger partial charge in [0.15, 0.2) is 0 Å². The summed E-state index contributed by atoms with van der Waals surface area (Å²) < 4.78 is 38.2. The quantitative estimate of drug-likeness (QED) is 0.870. The fourth-order valence-corrected chi connectivity index (χ4v) is 2.86. The van der Waals surface area contributed by atoms with Crippen LogP contribution in [0, 0.1) is 0 Å². The third-order valence-electron chi connectivity index (χ3n) is 3.15. The van der Waals surface area contributed by atoms with Gasteiger partial charge in [-0.05, 0) is 24.1 Å². The van der Waals surface area contributed by atoms with Crippen LogP contribution >= 0.6 is 15.9 Å². The number of aliphatic hydroxyl groups is 1. The molecule has 19 heavy (non-hydrogen) atoms. The Labute approximate surface area is 117 Å². The molecule has 0 radical (unpaired) electrons. The number of benzene rings is 1. The molecule has 1 aromatic carbocycles. The van der Waals surface area contributed by atoms with Gasteiger partial charge in [0, 0.05) is 29.3 Å². The summed E-state index contributed by atoms with van der Waals surface area (Å²) in [5.41, 5.74) is 2.04. The number of aliphatic hydroxyl groups excluding tert-OH is 1. The average Bonchev–Trinajstić information content (AvgIpc) is 2.30. The Morgan fingerprint density at radius 2 is 2.16 bits per heavy atom. The maximum atomic E-state index is 12.5. The second-order valence-corrected chi connectivity index (χ2v) is 5.40. The van der Waals surface area contributed by atoms with Crippen molar-refractivity contribution in [1.82, 2.24) is 4.90 Å². The van der Waals surface area contributed by atoms with E-state index in [9.17, 15) is 18.3 Å². The molecule has 1 unspecified atom stereocenters. The van der Waals surface area contributed by atoms with Crippen molar-refractivity contribution in [2.45, 2.75) is 18.8 Å². The topological polar surface area (TPSA) is 35.5 Å². The SMILES string of the molecule is CNc1cc(Br)cc2c1C(O)N(CC(F)(F)F)CC2. The first-order valence-corrected chi connectivity index (χ1v) is 6.60. The van der Waals surface area contributed by atoms with E-state index in [1.165, 1.54) is 0 Å². The minimum Gasteiger partial charge on any atom is -0.388 e. The largest absolute Gasteiger partial charge is 0.401 e. The molecular weight excluding hydrogens is 325 g/mol. The Kier molecular flexibility index (Phi) is 4.08. The Balaban J connectivity index is 2.34. The molecule has 0 saturated carbocycles. The molecule has 7 heteroatoms. The molecule has 0 aliphatic carbocycles. The van der Waals surface area contributed by atoms with Gasteiger partial charge in [-0.2, -0.15) is 13.2 Å². The van der Waals surface area contributed by atoms with E-state index in [2.05, 4.69) is 21.2 Å². The summed E-state index contributed by atoms with van der Waals surface area (Å²) >= 11 is 3.35. The Morgan fingerprint density at radius 1 is 1.47 bits per heavy atom. The van der Waals surface area contributed by atoms with Gasteiger partial charge in [0.05, 0.1) is 6.54 Å². The van der Waals surface area contributed by atoms with E-state index in [0.29, 0.717) is 17.7 Å². The van der Waals surface area contributed by atoms with Crippen LogP contribution in [-0.2, 0) is 6.42 Å². The summed E-state index contributed by atoms with van der Waals surface area (Å²) in [7, 11) is 1.68. The molecule has 1 aliphatic heterocycles. The smallest absolute Gasteiger partial charge is 0.388 e. The third kappa shape index (κ3) is 3.21. The lowest BCUT2D eigenvalue weighted by atomic mass is 9.96. The minimum absolute atomic E-state index is 0.188. The summed E-state index contributed by atoms with van der Waals surface area (Å²) in [5, 5.41) is 13.1. The Bertz CT molecular complexity index is 462. The van der Waals surface area contributed by atoms with Crippen LogP contribution in [0.2, 0.25) is 0 Å². The molecule has 0 fully saturated rings. The van der Waals surface area contributed by atoms with Crippen molar-refractivity contribution < 1.29 is 18.3 Å². The summed E-state index contributed by atoms with van der Waals surface area (Å²) in [5.74, 6) is 0. The van der Waals surface area contributed by atoms with Gasteiger partial charge in [0.2, 0.25) is 0 Å². The number of nitrogens with zero attached hydrogens (tertiary/aromatic N) is 1. The van der Waals surface area contributed by atoms with Gasteiger partial charge in [0.1, 0.15) is 6.23 Å². The standard InChI is InChI=1S/C12H14BrF3N2O/c1-17-9-5-8(13)4-7-2-3-18(6-12(14,15)16)11(19)10(7)9/h4-5,11,17,19H,2-3,6H2,1H3. The summed E-state index contributed by atoms with van der Waals surface area (Å²) in [6.07, 6.45) is -5.06. The zero-order valence-electron chi connectivity index (χ0n) is 10.3. The number of halogens is 4. The number of hydrogen-bond acceptors (Lipinski definition) is 3. The molecule has 2 rings (SSSR count). The zero-order chi connectivity index (χ0) is 14.2. The number of anilines is 1. The highest BCUT2D eigenvalue weighted by molar-refractivity contribution is 9.10. The summed E-state index contributed by atoms with van der Waals surface area (Å²) in [6.45, 7) is -0.917. The zero-order valence-corrected chi connectivity index (χ0v) is 11.8. The highest BCUT2D eigenvalue weighted by atomic mass is 79.9. The number of nitrogens with one attached hydrogen (secondary N) is 1. The van der Waals surface area contributed by atoms with Gasteiger partial charge >= 0.3 is 6.18 Å². The molecule has 0 bridgehead atoms. The Morgan fingerprint density at radius 3 is 2.74 bits per heavy atom. The van der Waals surface area contributed by atoms with E-state index in [-0.39, 0.29) is 6.54 Å². The lowest BCUT2D eigenvalue weighted by molar-refractivity contribution is -0.168. The first-order valence-electron chi connectivity index (χ1n) is 5.81. The van der Waals surface area contributed by atoms with Crippen LogP contribution in [0.25, 0.3) is 0 Å². The van der Waals surface area contributed by atoms with E-state index >= 15 is 0 Å². The monoisotopic (exact) mass is 338 g/mol. The normalized spacial score (nSPS) is 20.2. The van der Waals surface area contributed by atoms with Crippen molar-refractivity contribution in [3.8, 4) is 0 Å². The van der Waals surface area contributed by atoms with Crippen molar-refractivity contribution in [3.63, 3.8) is 0 Å². The first kappa shape index (κ1) is 14.6. The van der Waals surface area contributed by atoms with Crippen LogP contribution in [0.5, 0.6) is 0 Å². The number of hydrogen-bond donors (Lipinski definition) is 2. The van der Waals surface area contributed by atoms with Gasteiger partial charge in [-0.1, -0.05) is 15.9 Å². The minimum atomic E-state index is -4.31. The molecular formula is C12H14BrF3N2O. The van der Waals surface area contributed by atoms with Gasteiger partial charge in [-0.3, -0.25) is 4.90 Å². The van der Waals surface area contributed by atoms with Crippen LogP contribution in [0.4, 0.5) is 18.9 Å². The second kappa shape index (κ2) is 5.30. The van der Waals surface area contributed by atoms with Crippen molar-refractivity contribution in [2.75, 3.05) is 25.5 Å². The van der Waals surface area contributed by atoms with Crippen LogP contribution in [0.15, 0.2) is 16.6 Å². The fraction of sp³-hybridized carbons (Fsp3) is 0.500. The summed E-state index contributed by atoms with van der Waals surface area (Å²) in [4.78, 5) is 1.04. The molecule has 1 atom stereocenters. The van der Waals surface area contributed by atoms with E-state index in [1.807, 2.05) is 6.07 Å². The molecule has 1 heterocycles. The van der Waals surface area contributed by atoms with Crippen LogP contribution in [0.1, 0.15) is 17.4 Å². The van der Waals surface area contributed by atoms with Crippen molar-refractivity contribution in [1.29, 1.82) is 0 Å². The highest BCUT2D eigenvalue weighted by Crippen LogP contribution is 2.37. The molecule has 0 aromatic heterocycles. The molecule has 2 N–H and O–H groups in total. The van der Waals surface area contributed by atoms with Crippen molar-refractivity contribution >= 4 is 21.6 Å². The number of fused-ring (bicyclic) bond motifs is 1. The Hall–Kier alpha value is -0.790. The predicted octanol–water partition coefficient (Wildman–Crippen LogP) is 2.90. The molecule has 0 spiro atoms. The second-order valence-electron chi connectivity index (χ2n) is 4.49. The molecule has 1 aromatic rings. The third-order valence-corrected chi connectivity index (χ3v) is 3.61. The maximum absolute atomic E-state index is 12.5. The van der Waals surface area contributed by atoms with E-state index in [4.69, 9.17) is 0 Å². The van der Waals surface area contributed by atoms with Crippen molar-refractivity contribution in [2.24, 2.45) is 0 Å². The van der Waals surface area contributed by atoms with Gasteiger partial charge < -0.3 is 10.4 Å². The van der Waals surface area contributed by atoms with Gasteiger partial charge in [-0.15, -0.1) is 0 Å². The molecule has 0 amide bonds. The fourth-order valence-electron chi connectivity index (χ4n) is 2.36. The van der Waals surface area contributed by atoms with Crippen molar-refractivity contribution in [3.05, 3.63) is 27.7 Å². The highest BCUT2D eigenvalue weighted by Gasteiger charge is 2.37. The number of alkyl halides is 3. The van der Waals surface area contributed by atoms with Crippen LogP contribution in [-0.4, -0.2) is 36.3 Å². The molecule has 3 nitrogen and oxygen atoms in total.